The lowest BCUT2D eigenvalue weighted by Gasteiger charge is -2.25. The van der Waals surface area contributed by atoms with E-state index in [1.165, 1.54) is 11.8 Å². The van der Waals surface area contributed by atoms with E-state index in [0.717, 1.165) is 50.9 Å². The van der Waals surface area contributed by atoms with E-state index in [-0.39, 0.29) is 5.37 Å². The number of aldehydes is 1. The summed E-state index contributed by atoms with van der Waals surface area (Å²) < 4.78 is 14.6. The van der Waals surface area contributed by atoms with Crippen LogP contribution in [0.3, 0.4) is 0 Å². The van der Waals surface area contributed by atoms with Gasteiger partial charge in [0.15, 0.2) is 6.29 Å². The number of thioether (sulfide) groups is 1. The first-order chi connectivity index (χ1) is 11.7. The lowest BCUT2D eigenvalue weighted by Crippen LogP contribution is -2.23. The number of rotatable bonds is 6. The highest BCUT2D eigenvalue weighted by atomic mass is 32.2. The molecule has 0 amide bonds. The Morgan fingerprint density at radius 1 is 1.42 bits per heavy atom. The van der Waals surface area contributed by atoms with Gasteiger partial charge in [0.25, 0.3) is 0 Å². The van der Waals surface area contributed by atoms with Crippen molar-refractivity contribution in [3.63, 3.8) is 0 Å². The summed E-state index contributed by atoms with van der Waals surface area (Å²) in [7, 11) is 3.79. The van der Waals surface area contributed by atoms with Crippen LogP contribution in [0.25, 0.3) is 0 Å². The summed E-state index contributed by atoms with van der Waals surface area (Å²) >= 11 is 1.40. The van der Waals surface area contributed by atoms with Gasteiger partial charge in [0.2, 0.25) is 5.95 Å². The number of carbonyl (C=O) groups is 1. The normalized spacial score (nSPS) is 21.0. The van der Waals surface area contributed by atoms with E-state index in [9.17, 15) is 9.18 Å². The number of carbonyl (C=O) groups excluding carboxylic acids is 1. The summed E-state index contributed by atoms with van der Waals surface area (Å²) in [6.07, 6.45) is 3.88. The van der Waals surface area contributed by atoms with Crippen molar-refractivity contribution in [3.8, 4) is 0 Å². The molecule has 7 heteroatoms. The molecule has 5 nitrogen and oxygen atoms in total. The Bertz CT molecular complexity index is 645. The van der Waals surface area contributed by atoms with Crippen molar-refractivity contribution in [2.45, 2.75) is 24.6 Å². The molecule has 1 fully saturated rings. The van der Waals surface area contributed by atoms with Gasteiger partial charge in [-0.3, -0.25) is 4.79 Å². The molecule has 3 heterocycles. The fourth-order valence-electron chi connectivity index (χ4n) is 3.24. The van der Waals surface area contributed by atoms with Crippen LogP contribution in [0, 0.1) is 5.95 Å². The molecule has 1 unspecified atom stereocenters. The second kappa shape index (κ2) is 7.53. The van der Waals surface area contributed by atoms with Crippen LogP contribution >= 0.6 is 11.8 Å². The Morgan fingerprint density at radius 3 is 2.79 bits per heavy atom. The number of hydrogen-bond donors (Lipinski definition) is 1. The van der Waals surface area contributed by atoms with Crippen LogP contribution in [0.4, 0.5) is 10.2 Å². The van der Waals surface area contributed by atoms with E-state index >= 15 is 0 Å². The molecule has 1 N–H and O–H groups in total. The molecule has 0 saturated carbocycles. The molecular formula is C17H23FN4OS. The second-order valence-electron chi connectivity index (χ2n) is 6.11. The number of pyridine rings is 1. The molecule has 130 valence electrons. The first-order valence-electron chi connectivity index (χ1n) is 8.29. The summed E-state index contributed by atoms with van der Waals surface area (Å²) in [5.74, 6) is 0.266. The Morgan fingerprint density at radius 2 is 2.17 bits per heavy atom. The van der Waals surface area contributed by atoms with Crippen molar-refractivity contribution >= 4 is 23.9 Å². The van der Waals surface area contributed by atoms with Gasteiger partial charge in [-0.1, -0.05) is 11.8 Å². The van der Waals surface area contributed by atoms with Gasteiger partial charge in [-0.25, -0.2) is 4.98 Å². The van der Waals surface area contributed by atoms with Crippen molar-refractivity contribution < 1.29 is 9.18 Å². The van der Waals surface area contributed by atoms with Crippen LogP contribution in [0.5, 0.6) is 0 Å². The van der Waals surface area contributed by atoms with Gasteiger partial charge in [-0.15, -0.1) is 0 Å². The molecule has 3 rings (SSSR count). The smallest absolute Gasteiger partial charge is 0.220 e. The van der Waals surface area contributed by atoms with Crippen LogP contribution < -0.4 is 10.2 Å². The molecule has 0 radical (unpaired) electrons. The average Bonchev–Trinajstić information content (AvgIpc) is 3.21. The van der Waals surface area contributed by atoms with Crippen molar-refractivity contribution in [1.82, 2.24) is 15.2 Å². The maximum atomic E-state index is 14.6. The number of aromatic nitrogens is 1. The third-order valence-corrected chi connectivity index (χ3v) is 5.96. The van der Waals surface area contributed by atoms with E-state index in [2.05, 4.69) is 15.2 Å². The van der Waals surface area contributed by atoms with Gasteiger partial charge in [0.1, 0.15) is 11.2 Å². The quantitative estimate of drug-likeness (QED) is 0.628. The number of allylic oxidation sites excluding steroid dienone is 1. The molecule has 1 saturated heterocycles. The van der Waals surface area contributed by atoms with Crippen LogP contribution in [0.1, 0.15) is 30.2 Å². The molecule has 1 aromatic rings. The highest BCUT2D eigenvalue weighted by Crippen LogP contribution is 2.47. The number of nitrogens with one attached hydrogen (secondary N) is 1. The SMILES string of the molecule is CNCCC1=C(C=O)SC(c2ccc(N3CCCC3)nc2F)N1C. The zero-order valence-corrected chi connectivity index (χ0v) is 14.9. The van der Waals surface area contributed by atoms with E-state index < -0.39 is 5.95 Å². The summed E-state index contributed by atoms with van der Waals surface area (Å²) in [6, 6.07) is 3.71. The number of halogens is 1. The predicted molar refractivity (Wildman–Crippen MR) is 95.4 cm³/mol. The molecule has 1 aromatic heterocycles. The molecule has 24 heavy (non-hydrogen) atoms. The van der Waals surface area contributed by atoms with Crippen molar-refractivity contribution in [1.29, 1.82) is 0 Å². The molecule has 0 spiro atoms. The van der Waals surface area contributed by atoms with Gasteiger partial charge < -0.3 is 15.1 Å². The standard InChI is InChI=1S/C17H23FN4OS/c1-19-8-7-13-14(11-23)24-17(21(13)2)12-5-6-15(20-16(12)18)22-9-3-4-10-22/h5-6,11,17,19H,3-4,7-10H2,1-2H3. The molecule has 1 atom stereocenters. The van der Waals surface area contributed by atoms with Crippen molar-refractivity contribution in [2.24, 2.45) is 0 Å². The van der Waals surface area contributed by atoms with Crippen molar-refractivity contribution in [3.05, 3.63) is 34.2 Å². The lowest BCUT2D eigenvalue weighted by atomic mass is 10.2. The Kier molecular flexibility index (Phi) is 5.40. The van der Waals surface area contributed by atoms with E-state index in [0.29, 0.717) is 16.3 Å². The maximum absolute atomic E-state index is 14.6. The van der Waals surface area contributed by atoms with Crippen LogP contribution in [0.2, 0.25) is 0 Å². The van der Waals surface area contributed by atoms with Crippen molar-refractivity contribution in [2.75, 3.05) is 38.6 Å². The third-order valence-electron chi connectivity index (χ3n) is 4.58. The molecule has 0 bridgehead atoms. The predicted octanol–water partition coefficient (Wildman–Crippen LogP) is 2.52. The molecule has 2 aliphatic heterocycles. The molecule has 0 aromatic carbocycles. The van der Waals surface area contributed by atoms with Gasteiger partial charge >= 0.3 is 0 Å². The van der Waals surface area contributed by atoms with E-state index in [1.54, 1.807) is 0 Å². The summed E-state index contributed by atoms with van der Waals surface area (Å²) in [6.45, 7) is 2.66. The molecule has 2 aliphatic rings. The summed E-state index contributed by atoms with van der Waals surface area (Å²) in [4.78, 5) is 20.3. The Hall–Kier alpha value is -1.60. The Balaban J connectivity index is 1.81. The van der Waals surface area contributed by atoms with E-state index in [1.807, 2.05) is 31.1 Å². The lowest BCUT2D eigenvalue weighted by molar-refractivity contribution is -0.104. The van der Waals surface area contributed by atoms with Crippen LogP contribution in [-0.2, 0) is 4.79 Å². The minimum Gasteiger partial charge on any atom is -0.360 e. The fourth-order valence-corrected chi connectivity index (χ4v) is 4.50. The Labute approximate surface area is 146 Å². The molecule has 0 aliphatic carbocycles. The zero-order valence-electron chi connectivity index (χ0n) is 14.1. The third kappa shape index (κ3) is 3.28. The van der Waals surface area contributed by atoms with Crippen LogP contribution in [-0.4, -0.2) is 49.9 Å². The summed E-state index contributed by atoms with van der Waals surface area (Å²) in [5, 5.41) is 2.85. The van der Waals surface area contributed by atoms with Gasteiger partial charge in [-0.05, 0) is 32.0 Å². The second-order valence-corrected chi connectivity index (χ2v) is 7.23. The minimum atomic E-state index is -0.441. The van der Waals surface area contributed by atoms with Gasteiger partial charge in [0, 0.05) is 44.4 Å². The largest absolute Gasteiger partial charge is 0.360 e. The first-order valence-corrected chi connectivity index (χ1v) is 9.17. The minimum absolute atomic E-state index is 0.239. The zero-order chi connectivity index (χ0) is 17.1. The molecular weight excluding hydrogens is 327 g/mol. The monoisotopic (exact) mass is 350 g/mol. The number of nitrogens with zero attached hydrogens (tertiary/aromatic N) is 3. The maximum Gasteiger partial charge on any atom is 0.220 e. The highest BCUT2D eigenvalue weighted by Gasteiger charge is 2.33. The first kappa shape index (κ1) is 17.2. The van der Waals surface area contributed by atoms with Gasteiger partial charge in [0.05, 0.1) is 4.91 Å². The van der Waals surface area contributed by atoms with Crippen LogP contribution in [0.15, 0.2) is 22.7 Å². The fraction of sp³-hybridized carbons (Fsp3) is 0.529. The average molecular weight is 350 g/mol. The highest BCUT2D eigenvalue weighted by molar-refractivity contribution is 8.04. The van der Waals surface area contributed by atoms with Gasteiger partial charge in [-0.2, -0.15) is 4.39 Å². The summed E-state index contributed by atoms with van der Waals surface area (Å²) in [5.41, 5.74) is 1.49. The number of hydrogen-bond acceptors (Lipinski definition) is 6. The topological polar surface area (TPSA) is 48.5 Å². The van der Waals surface area contributed by atoms with E-state index in [4.69, 9.17) is 0 Å². The number of anilines is 1.